The van der Waals surface area contributed by atoms with Crippen molar-refractivity contribution < 1.29 is 9.18 Å². The van der Waals surface area contributed by atoms with E-state index < -0.39 is 11.2 Å². The Balaban J connectivity index is 2.94. The molecule has 0 bridgehead atoms. The first-order valence-electron chi connectivity index (χ1n) is 2.97. The molecular formula is C7H5ClFNO. The van der Waals surface area contributed by atoms with Crippen molar-refractivity contribution in [1.29, 1.82) is 0 Å². The van der Waals surface area contributed by atoms with Gasteiger partial charge in [-0.2, -0.15) is 4.99 Å². The molecule has 0 amide bonds. The Labute approximate surface area is 68.1 Å². The van der Waals surface area contributed by atoms with Gasteiger partial charge in [-0.05, 0) is 12.2 Å². The van der Waals surface area contributed by atoms with Crippen LogP contribution in [0.5, 0.6) is 0 Å². The second-order valence-electron chi connectivity index (χ2n) is 2.08. The van der Waals surface area contributed by atoms with Gasteiger partial charge in [0.05, 0.1) is 0 Å². The van der Waals surface area contributed by atoms with Gasteiger partial charge in [0, 0.05) is 0 Å². The number of carbonyl (C=O) groups excluding carboxylic acids is 1. The largest absolute Gasteiger partial charge is 0.238 e. The first-order chi connectivity index (χ1) is 5.19. The van der Waals surface area contributed by atoms with Crippen molar-refractivity contribution in [3.05, 3.63) is 24.3 Å². The quantitative estimate of drug-likeness (QED) is 0.257. The minimum absolute atomic E-state index is 1.23. The second kappa shape index (κ2) is 2.99. The molecule has 0 aromatic rings. The number of hydrogen-bond acceptors (Lipinski definition) is 2. The van der Waals surface area contributed by atoms with Crippen LogP contribution in [0, 0.1) is 0 Å². The van der Waals surface area contributed by atoms with E-state index in [2.05, 4.69) is 4.99 Å². The van der Waals surface area contributed by atoms with E-state index >= 15 is 0 Å². The number of alkyl halides is 2. The van der Waals surface area contributed by atoms with Crippen LogP contribution < -0.4 is 0 Å². The molecule has 0 heterocycles. The third kappa shape index (κ3) is 1.56. The van der Waals surface area contributed by atoms with Gasteiger partial charge in [0.25, 0.3) is 0 Å². The Kier molecular flexibility index (Phi) is 2.22. The standard InChI is InChI=1S/C7H5ClFNO/c8-7(10-5-11)4-2-1-3-6(7)9/h1-4,6H. The lowest BCUT2D eigenvalue weighted by atomic mass is 10.1. The lowest BCUT2D eigenvalue weighted by Crippen LogP contribution is -2.28. The summed E-state index contributed by atoms with van der Waals surface area (Å²) in [5, 5.41) is 0. The van der Waals surface area contributed by atoms with E-state index in [0.717, 1.165) is 0 Å². The van der Waals surface area contributed by atoms with E-state index in [1.165, 1.54) is 30.4 Å². The number of aliphatic imine (C=N–C) groups is 1. The van der Waals surface area contributed by atoms with E-state index in [1.54, 1.807) is 0 Å². The highest BCUT2D eigenvalue weighted by atomic mass is 35.5. The van der Waals surface area contributed by atoms with Gasteiger partial charge in [-0.25, -0.2) is 9.18 Å². The summed E-state index contributed by atoms with van der Waals surface area (Å²) in [4.78, 5) is 11.4. The van der Waals surface area contributed by atoms with Crippen molar-refractivity contribution in [2.45, 2.75) is 11.2 Å². The summed E-state index contributed by atoms with van der Waals surface area (Å²) in [5.74, 6) is 0. The molecule has 0 spiro atoms. The Morgan fingerprint density at radius 1 is 1.64 bits per heavy atom. The summed E-state index contributed by atoms with van der Waals surface area (Å²) >= 11 is 5.58. The highest BCUT2D eigenvalue weighted by Crippen LogP contribution is 2.29. The van der Waals surface area contributed by atoms with E-state index in [4.69, 9.17) is 11.6 Å². The van der Waals surface area contributed by atoms with Gasteiger partial charge >= 0.3 is 0 Å². The molecule has 0 radical (unpaired) electrons. The van der Waals surface area contributed by atoms with Gasteiger partial charge in [0.1, 0.15) is 0 Å². The fourth-order valence-corrected chi connectivity index (χ4v) is 0.928. The predicted molar refractivity (Wildman–Crippen MR) is 39.9 cm³/mol. The zero-order valence-corrected chi connectivity index (χ0v) is 6.25. The molecule has 4 heteroatoms. The summed E-state index contributed by atoms with van der Waals surface area (Å²) in [6, 6.07) is 0. The van der Waals surface area contributed by atoms with Gasteiger partial charge in [-0.3, -0.25) is 0 Å². The molecule has 1 aliphatic carbocycles. The van der Waals surface area contributed by atoms with Gasteiger partial charge < -0.3 is 0 Å². The number of nitrogens with zero attached hydrogens (tertiary/aromatic N) is 1. The second-order valence-corrected chi connectivity index (χ2v) is 2.68. The molecule has 1 rings (SSSR count). The molecule has 11 heavy (non-hydrogen) atoms. The minimum atomic E-state index is -1.57. The lowest BCUT2D eigenvalue weighted by molar-refractivity contribution is 0.344. The van der Waals surface area contributed by atoms with Crippen LogP contribution in [0.1, 0.15) is 0 Å². The maximum Gasteiger partial charge on any atom is 0.237 e. The zero-order valence-electron chi connectivity index (χ0n) is 5.50. The van der Waals surface area contributed by atoms with E-state index in [0.29, 0.717) is 0 Å². The molecule has 0 aromatic heterocycles. The Hall–Kier alpha value is -0.920. The monoisotopic (exact) mass is 173 g/mol. The molecule has 1 aliphatic rings. The number of isocyanates is 1. The SMILES string of the molecule is O=C=NC1(Cl)C=CC=CC1F. The van der Waals surface area contributed by atoms with E-state index in [1.807, 2.05) is 0 Å². The number of halogens is 2. The summed E-state index contributed by atoms with van der Waals surface area (Å²) in [7, 11) is 0. The van der Waals surface area contributed by atoms with Crippen molar-refractivity contribution in [1.82, 2.24) is 0 Å². The zero-order chi connectivity index (χ0) is 8.32. The van der Waals surface area contributed by atoms with E-state index in [9.17, 15) is 9.18 Å². The van der Waals surface area contributed by atoms with Crippen molar-refractivity contribution in [3.8, 4) is 0 Å². The van der Waals surface area contributed by atoms with Gasteiger partial charge in [-0.1, -0.05) is 23.8 Å². The summed E-state index contributed by atoms with van der Waals surface area (Å²) in [5.41, 5.74) is 0. The Morgan fingerprint density at radius 2 is 2.36 bits per heavy atom. The number of rotatable bonds is 1. The highest BCUT2D eigenvalue weighted by Gasteiger charge is 2.34. The molecule has 0 aromatic carbocycles. The Bertz CT molecular complexity index is 257. The first kappa shape index (κ1) is 8.18. The molecule has 58 valence electrons. The maximum absolute atomic E-state index is 12.9. The summed E-state index contributed by atoms with van der Waals surface area (Å²) in [6.45, 7) is 0. The van der Waals surface area contributed by atoms with Crippen LogP contribution in [0.25, 0.3) is 0 Å². The number of allylic oxidation sites excluding steroid dienone is 2. The molecule has 0 fully saturated rings. The first-order valence-corrected chi connectivity index (χ1v) is 3.35. The van der Waals surface area contributed by atoms with E-state index in [-0.39, 0.29) is 0 Å². The van der Waals surface area contributed by atoms with Crippen molar-refractivity contribution in [3.63, 3.8) is 0 Å². The number of hydrogen-bond donors (Lipinski definition) is 0. The third-order valence-corrected chi connectivity index (χ3v) is 1.74. The topological polar surface area (TPSA) is 29.4 Å². The van der Waals surface area contributed by atoms with Crippen LogP contribution in [0.15, 0.2) is 29.3 Å². The molecule has 0 saturated heterocycles. The summed E-state index contributed by atoms with van der Waals surface area (Å²) in [6.07, 6.45) is 5.34. The molecule has 0 saturated carbocycles. The smallest absolute Gasteiger partial charge is 0.237 e. The normalized spacial score (nSPS) is 34.9. The van der Waals surface area contributed by atoms with Crippen molar-refractivity contribution >= 4 is 17.7 Å². The molecule has 2 nitrogen and oxygen atoms in total. The third-order valence-electron chi connectivity index (χ3n) is 1.32. The average Bonchev–Trinajstić information content (AvgIpc) is 1.96. The van der Waals surface area contributed by atoms with Crippen LogP contribution in [-0.2, 0) is 4.79 Å². The van der Waals surface area contributed by atoms with Gasteiger partial charge in [-0.15, -0.1) is 0 Å². The fourth-order valence-electron chi connectivity index (χ4n) is 0.748. The van der Waals surface area contributed by atoms with Crippen molar-refractivity contribution in [2.24, 2.45) is 4.99 Å². The van der Waals surface area contributed by atoms with Gasteiger partial charge in [0.2, 0.25) is 6.08 Å². The molecular weight excluding hydrogens is 169 g/mol. The molecule has 2 atom stereocenters. The van der Waals surface area contributed by atoms with Crippen molar-refractivity contribution in [2.75, 3.05) is 0 Å². The molecule has 0 N–H and O–H groups in total. The van der Waals surface area contributed by atoms with Crippen LogP contribution in [0.4, 0.5) is 4.39 Å². The summed E-state index contributed by atoms with van der Waals surface area (Å²) < 4.78 is 12.9. The highest BCUT2D eigenvalue weighted by molar-refractivity contribution is 6.26. The van der Waals surface area contributed by atoms with Crippen LogP contribution in [0.2, 0.25) is 0 Å². The van der Waals surface area contributed by atoms with Crippen LogP contribution in [-0.4, -0.2) is 17.2 Å². The minimum Gasteiger partial charge on any atom is -0.238 e. The lowest BCUT2D eigenvalue weighted by Gasteiger charge is -2.20. The fraction of sp³-hybridized carbons (Fsp3) is 0.286. The maximum atomic E-state index is 12.9. The predicted octanol–water partition coefficient (Wildman–Crippen LogP) is 1.72. The van der Waals surface area contributed by atoms with Gasteiger partial charge in [0.15, 0.2) is 11.2 Å². The van der Waals surface area contributed by atoms with Crippen LogP contribution >= 0.6 is 11.6 Å². The van der Waals surface area contributed by atoms with Crippen LogP contribution in [0.3, 0.4) is 0 Å². The Morgan fingerprint density at radius 3 is 2.91 bits per heavy atom. The average molecular weight is 174 g/mol. The molecule has 0 aliphatic heterocycles. The molecule has 2 unspecified atom stereocenters.